The SMILES string of the molecule is C(=NC1CCC1)c1ccc(-n2cc(CCOC3CCCCO3)nn2)cc1. The fourth-order valence-electron chi connectivity index (χ4n) is 3.12. The van der Waals surface area contributed by atoms with Crippen LogP contribution in [0.4, 0.5) is 0 Å². The zero-order valence-corrected chi connectivity index (χ0v) is 15.1. The molecule has 2 fully saturated rings. The van der Waals surface area contributed by atoms with Crippen molar-refractivity contribution < 1.29 is 9.47 Å². The van der Waals surface area contributed by atoms with Gasteiger partial charge in [0.1, 0.15) is 0 Å². The molecule has 6 nitrogen and oxygen atoms in total. The summed E-state index contributed by atoms with van der Waals surface area (Å²) >= 11 is 0. The van der Waals surface area contributed by atoms with E-state index in [1.165, 1.54) is 25.7 Å². The molecule has 26 heavy (non-hydrogen) atoms. The van der Waals surface area contributed by atoms with Gasteiger partial charge >= 0.3 is 0 Å². The first-order valence-electron chi connectivity index (χ1n) is 9.65. The topological polar surface area (TPSA) is 61.5 Å². The quantitative estimate of drug-likeness (QED) is 0.716. The van der Waals surface area contributed by atoms with Crippen molar-refractivity contribution >= 4 is 6.21 Å². The molecule has 1 aromatic heterocycles. The van der Waals surface area contributed by atoms with E-state index in [4.69, 9.17) is 9.47 Å². The highest BCUT2D eigenvalue weighted by atomic mass is 16.7. The molecule has 0 radical (unpaired) electrons. The van der Waals surface area contributed by atoms with Crippen LogP contribution in [-0.2, 0) is 15.9 Å². The highest BCUT2D eigenvalue weighted by molar-refractivity contribution is 5.80. The van der Waals surface area contributed by atoms with Gasteiger partial charge in [-0.15, -0.1) is 5.10 Å². The van der Waals surface area contributed by atoms with Gasteiger partial charge in [-0.05, 0) is 56.2 Å². The Morgan fingerprint density at radius 1 is 1.15 bits per heavy atom. The molecule has 1 aliphatic heterocycles. The number of hydrogen-bond donors (Lipinski definition) is 0. The number of hydrogen-bond acceptors (Lipinski definition) is 5. The van der Waals surface area contributed by atoms with Crippen LogP contribution in [-0.4, -0.2) is 46.8 Å². The van der Waals surface area contributed by atoms with Crippen LogP contribution in [0.1, 0.15) is 49.8 Å². The fourth-order valence-corrected chi connectivity index (χ4v) is 3.12. The van der Waals surface area contributed by atoms with E-state index in [-0.39, 0.29) is 6.29 Å². The number of aliphatic imine (C=N–C) groups is 1. The van der Waals surface area contributed by atoms with Gasteiger partial charge in [-0.2, -0.15) is 0 Å². The van der Waals surface area contributed by atoms with Crippen molar-refractivity contribution in [3.8, 4) is 5.69 Å². The third-order valence-electron chi connectivity index (χ3n) is 5.01. The van der Waals surface area contributed by atoms with Crippen molar-refractivity contribution in [3.05, 3.63) is 41.7 Å². The van der Waals surface area contributed by atoms with Gasteiger partial charge in [-0.25, -0.2) is 4.68 Å². The van der Waals surface area contributed by atoms with Gasteiger partial charge in [-0.3, -0.25) is 4.99 Å². The van der Waals surface area contributed by atoms with Crippen molar-refractivity contribution in [1.82, 2.24) is 15.0 Å². The Morgan fingerprint density at radius 2 is 2.04 bits per heavy atom. The lowest BCUT2D eigenvalue weighted by molar-refractivity contribution is -0.161. The summed E-state index contributed by atoms with van der Waals surface area (Å²) in [5.41, 5.74) is 3.05. The highest BCUT2D eigenvalue weighted by Gasteiger charge is 2.15. The Balaban J connectivity index is 1.28. The van der Waals surface area contributed by atoms with Crippen LogP contribution >= 0.6 is 0 Å². The molecule has 138 valence electrons. The largest absolute Gasteiger partial charge is 0.353 e. The summed E-state index contributed by atoms with van der Waals surface area (Å²) in [6, 6.07) is 8.78. The van der Waals surface area contributed by atoms with E-state index >= 15 is 0 Å². The van der Waals surface area contributed by atoms with Crippen molar-refractivity contribution in [2.75, 3.05) is 13.2 Å². The summed E-state index contributed by atoms with van der Waals surface area (Å²) < 4.78 is 13.1. The predicted molar refractivity (Wildman–Crippen MR) is 99.8 cm³/mol. The minimum atomic E-state index is -0.0482. The summed E-state index contributed by atoms with van der Waals surface area (Å²) in [5.74, 6) is 0. The van der Waals surface area contributed by atoms with Gasteiger partial charge in [0.05, 0.1) is 24.2 Å². The minimum Gasteiger partial charge on any atom is -0.353 e. The Morgan fingerprint density at radius 3 is 2.77 bits per heavy atom. The second kappa shape index (κ2) is 8.56. The van der Waals surface area contributed by atoms with E-state index in [1.807, 2.05) is 24.5 Å². The normalized spacial score (nSPS) is 21.2. The standard InChI is InChI=1S/C20H26N4O2/c1-2-12-25-20(6-1)26-13-11-18-15-24(23-22-18)19-9-7-16(8-10-19)14-21-17-4-3-5-17/h7-10,14-15,17,20H,1-6,11-13H2. The van der Waals surface area contributed by atoms with Crippen LogP contribution < -0.4 is 0 Å². The van der Waals surface area contributed by atoms with E-state index in [0.717, 1.165) is 42.8 Å². The third-order valence-corrected chi connectivity index (χ3v) is 5.01. The summed E-state index contributed by atoms with van der Waals surface area (Å²) in [7, 11) is 0. The lowest BCUT2D eigenvalue weighted by Crippen LogP contribution is -2.23. The molecule has 2 heterocycles. The fraction of sp³-hybridized carbons (Fsp3) is 0.550. The minimum absolute atomic E-state index is 0.0482. The third kappa shape index (κ3) is 4.56. The average Bonchev–Trinajstić information content (AvgIpc) is 3.11. The first-order chi connectivity index (χ1) is 12.9. The second-order valence-corrected chi connectivity index (χ2v) is 7.03. The first kappa shape index (κ1) is 17.4. The summed E-state index contributed by atoms with van der Waals surface area (Å²) in [4.78, 5) is 4.59. The number of nitrogens with zero attached hydrogens (tertiary/aromatic N) is 4. The monoisotopic (exact) mass is 354 g/mol. The second-order valence-electron chi connectivity index (χ2n) is 7.03. The van der Waals surface area contributed by atoms with Gasteiger partial charge in [0.2, 0.25) is 0 Å². The van der Waals surface area contributed by atoms with E-state index < -0.39 is 0 Å². The molecular weight excluding hydrogens is 328 g/mol. The van der Waals surface area contributed by atoms with Crippen LogP contribution in [0.2, 0.25) is 0 Å². The van der Waals surface area contributed by atoms with Crippen molar-refractivity contribution in [1.29, 1.82) is 0 Å². The Kier molecular flexibility index (Phi) is 5.72. The molecule has 0 spiro atoms. The van der Waals surface area contributed by atoms with Crippen molar-refractivity contribution in [2.45, 2.75) is 57.3 Å². The van der Waals surface area contributed by atoms with E-state index in [0.29, 0.717) is 12.6 Å². The average molecular weight is 354 g/mol. The van der Waals surface area contributed by atoms with Gasteiger partial charge in [-0.1, -0.05) is 17.3 Å². The van der Waals surface area contributed by atoms with E-state index in [2.05, 4.69) is 27.4 Å². The molecule has 1 saturated carbocycles. The predicted octanol–water partition coefficient (Wildman–Crippen LogP) is 3.32. The summed E-state index contributed by atoms with van der Waals surface area (Å²) in [5, 5.41) is 8.47. The maximum absolute atomic E-state index is 5.76. The van der Waals surface area contributed by atoms with Crippen LogP contribution in [0.25, 0.3) is 5.69 Å². The number of ether oxygens (including phenoxy) is 2. The van der Waals surface area contributed by atoms with Gasteiger partial charge in [0.25, 0.3) is 0 Å². The van der Waals surface area contributed by atoms with E-state index in [1.54, 1.807) is 4.68 Å². The molecule has 0 amide bonds. The molecule has 4 rings (SSSR count). The number of aromatic nitrogens is 3. The first-order valence-corrected chi connectivity index (χ1v) is 9.65. The Hall–Kier alpha value is -2.05. The van der Waals surface area contributed by atoms with Gasteiger partial charge < -0.3 is 9.47 Å². The molecule has 0 bridgehead atoms. The Bertz CT molecular complexity index is 716. The highest BCUT2D eigenvalue weighted by Crippen LogP contribution is 2.21. The zero-order chi connectivity index (χ0) is 17.6. The lowest BCUT2D eigenvalue weighted by Gasteiger charge is -2.22. The van der Waals surface area contributed by atoms with Gasteiger partial charge in [0.15, 0.2) is 6.29 Å². The van der Waals surface area contributed by atoms with Crippen molar-refractivity contribution in [2.24, 2.45) is 4.99 Å². The van der Waals surface area contributed by atoms with Crippen LogP contribution in [0.15, 0.2) is 35.5 Å². The maximum Gasteiger partial charge on any atom is 0.157 e. The molecule has 1 aliphatic carbocycles. The number of rotatable bonds is 7. The number of benzene rings is 1. The summed E-state index contributed by atoms with van der Waals surface area (Å²) in [6.07, 6.45) is 11.7. The smallest absolute Gasteiger partial charge is 0.157 e. The van der Waals surface area contributed by atoms with Crippen LogP contribution in [0.3, 0.4) is 0 Å². The molecule has 6 heteroatoms. The molecular formula is C20H26N4O2. The molecule has 2 aromatic rings. The molecule has 2 aliphatic rings. The lowest BCUT2D eigenvalue weighted by atomic mass is 9.94. The molecule has 1 atom stereocenters. The van der Waals surface area contributed by atoms with Crippen LogP contribution in [0, 0.1) is 0 Å². The van der Waals surface area contributed by atoms with Crippen LogP contribution in [0.5, 0.6) is 0 Å². The van der Waals surface area contributed by atoms with Gasteiger partial charge in [0, 0.05) is 25.3 Å². The molecule has 1 aromatic carbocycles. The molecule has 1 saturated heterocycles. The van der Waals surface area contributed by atoms with Crippen molar-refractivity contribution in [3.63, 3.8) is 0 Å². The molecule has 1 unspecified atom stereocenters. The maximum atomic E-state index is 5.76. The van der Waals surface area contributed by atoms with E-state index in [9.17, 15) is 0 Å². The summed E-state index contributed by atoms with van der Waals surface area (Å²) in [6.45, 7) is 1.42. The molecule has 0 N–H and O–H groups in total. The Labute approximate surface area is 154 Å². The zero-order valence-electron chi connectivity index (χ0n) is 15.1.